The molecule has 3 heterocycles. The van der Waals surface area contributed by atoms with Crippen LogP contribution in [0.2, 0.25) is 0 Å². The van der Waals surface area contributed by atoms with Crippen LogP contribution in [0.3, 0.4) is 0 Å². The van der Waals surface area contributed by atoms with Gasteiger partial charge in [0.25, 0.3) is 5.91 Å². The number of hydrogen-bond acceptors (Lipinski definition) is 7. The first-order valence-electron chi connectivity index (χ1n) is 10.3. The zero-order valence-electron chi connectivity index (χ0n) is 17.5. The highest BCUT2D eigenvalue weighted by Gasteiger charge is 2.52. The van der Waals surface area contributed by atoms with Crippen molar-refractivity contribution >= 4 is 39.7 Å². The van der Waals surface area contributed by atoms with Crippen LogP contribution in [0.15, 0.2) is 46.9 Å². The quantitative estimate of drug-likeness (QED) is 0.620. The second kappa shape index (κ2) is 7.92. The highest BCUT2D eigenvalue weighted by Crippen LogP contribution is 2.35. The SMILES string of the molecule is COC(=O)[C@@H]1CC2(CN1C(=O)CNC(=O)c1ccc3c(c1)oc1ccccc13)OCCO2. The van der Waals surface area contributed by atoms with Crippen molar-refractivity contribution in [3.05, 3.63) is 48.0 Å². The third-order valence-corrected chi connectivity index (χ3v) is 5.94. The molecule has 5 rings (SSSR count). The molecule has 1 spiro atoms. The van der Waals surface area contributed by atoms with Crippen molar-refractivity contribution in [2.75, 3.05) is 33.4 Å². The van der Waals surface area contributed by atoms with E-state index in [1.165, 1.54) is 12.0 Å². The molecule has 0 bridgehead atoms. The van der Waals surface area contributed by atoms with E-state index in [4.69, 9.17) is 18.6 Å². The predicted octanol–water partition coefficient (Wildman–Crippen LogP) is 1.83. The Hall–Kier alpha value is -3.43. The van der Waals surface area contributed by atoms with E-state index in [0.717, 1.165) is 16.4 Å². The molecule has 3 aromatic rings. The summed E-state index contributed by atoms with van der Waals surface area (Å²) in [5.74, 6) is -2.38. The third kappa shape index (κ3) is 3.49. The van der Waals surface area contributed by atoms with Gasteiger partial charge in [0.1, 0.15) is 17.2 Å². The van der Waals surface area contributed by atoms with E-state index in [0.29, 0.717) is 24.4 Å². The van der Waals surface area contributed by atoms with Crippen LogP contribution < -0.4 is 5.32 Å². The highest BCUT2D eigenvalue weighted by atomic mass is 16.7. The third-order valence-electron chi connectivity index (χ3n) is 5.94. The molecule has 1 aromatic heterocycles. The normalized spacial score (nSPS) is 19.7. The number of esters is 1. The van der Waals surface area contributed by atoms with Gasteiger partial charge in [-0.05, 0) is 24.3 Å². The molecule has 1 N–H and O–H groups in total. The first-order chi connectivity index (χ1) is 15.5. The van der Waals surface area contributed by atoms with Crippen LogP contribution in [0.25, 0.3) is 21.9 Å². The Bertz CT molecular complexity index is 1210. The summed E-state index contributed by atoms with van der Waals surface area (Å²) in [6.45, 7) is 0.626. The Labute approximate surface area is 183 Å². The zero-order chi connectivity index (χ0) is 22.3. The van der Waals surface area contributed by atoms with E-state index in [1.54, 1.807) is 12.1 Å². The van der Waals surface area contributed by atoms with Crippen molar-refractivity contribution in [3.8, 4) is 0 Å². The lowest BCUT2D eigenvalue weighted by Gasteiger charge is -2.23. The molecule has 9 nitrogen and oxygen atoms in total. The Morgan fingerprint density at radius 1 is 1.09 bits per heavy atom. The summed E-state index contributed by atoms with van der Waals surface area (Å²) in [6.07, 6.45) is 0.197. The molecule has 0 aliphatic carbocycles. The van der Waals surface area contributed by atoms with Crippen molar-refractivity contribution in [1.29, 1.82) is 0 Å². The number of likely N-dealkylation sites (tertiary alicyclic amines) is 1. The van der Waals surface area contributed by atoms with Crippen molar-refractivity contribution in [2.45, 2.75) is 18.2 Å². The number of rotatable bonds is 4. The molecule has 166 valence electrons. The first-order valence-corrected chi connectivity index (χ1v) is 10.3. The standard InChI is InChI=1S/C23H22N2O7/c1-29-22(28)17-11-23(30-8-9-31-23)13-25(17)20(26)12-24-21(27)14-6-7-16-15-4-2-3-5-18(15)32-19(16)10-14/h2-7,10,17H,8-9,11-13H2,1H3,(H,24,27)/t17-/m0/s1. The van der Waals surface area contributed by atoms with Crippen LogP contribution in [0.4, 0.5) is 0 Å². The summed E-state index contributed by atoms with van der Waals surface area (Å²) < 4.78 is 22.0. The van der Waals surface area contributed by atoms with E-state index >= 15 is 0 Å². The maximum absolute atomic E-state index is 12.9. The molecule has 32 heavy (non-hydrogen) atoms. The molecular weight excluding hydrogens is 416 g/mol. The van der Waals surface area contributed by atoms with Crippen LogP contribution in [0.5, 0.6) is 0 Å². The second-order valence-electron chi connectivity index (χ2n) is 7.86. The summed E-state index contributed by atoms with van der Waals surface area (Å²) >= 11 is 0. The van der Waals surface area contributed by atoms with Gasteiger partial charge < -0.3 is 28.8 Å². The topological polar surface area (TPSA) is 107 Å². The van der Waals surface area contributed by atoms with Crippen molar-refractivity contribution < 1.29 is 33.0 Å². The number of nitrogens with one attached hydrogen (secondary N) is 1. The van der Waals surface area contributed by atoms with Gasteiger partial charge in [-0.1, -0.05) is 18.2 Å². The van der Waals surface area contributed by atoms with Crippen molar-refractivity contribution in [2.24, 2.45) is 0 Å². The minimum Gasteiger partial charge on any atom is -0.467 e. The average molecular weight is 438 g/mol. The fourth-order valence-electron chi connectivity index (χ4n) is 4.38. The molecular formula is C23H22N2O7. The van der Waals surface area contributed by atoms with Gasteiger partial charge >= 0.3 is 5.97 Å². The fourth-order valence-corrected chi connectivity index (χ4v) is 4.38. The van der Waals surface area contributed by atoms with Gasteiger partial charge in [0.15, 0.2) is 5.79 Å². The number of ether oxygens (including phenoxy) is 3. The van der Waals surface area contributed by atoms with E-state index in [2.05, 4.69) is 5.32 Å². The monoisotopic (exact) mass is 438 g/mol. The smallest absolute Gasteiger partial charge is 0.328 e. The molecule has 9 heteroatoms. The average Bonchev–Trinajstić information content (AvgIpc) is 3.53. The Morgan fingerprint density at radius 2 is 1.84 bits per heavy atom. The van der Waals surface area contributed by atoms with Crippen LogP contribution in [-0.4, -0.2) is 67.9 Å². The molecule has 2 amide bonds. The minimum atomic E-state index is -0.995. The molecule has 2 aliphatic heterocycles. The van der Waals surface area contributed by atoms with Crippen LogP contribution in [0, 0.1) is 0 Å². The number of fused-ring (bicyclic) bond motifs is 3. The number of carbonyl (C=O) groups excluding carboxylic acids is 3. The number of hydrogen-bond donors (Lipinski definition) is 1. The first kappa shape index (κ1) is 20.5. The molecule has 2 saturated heterocycles. The Kier molecular flexibility index (Phi) is 5.07. The van der Waals surface area contributed by atoms with E-state index in [-0.39, 0.29) is 19.5 Å². The summed E-state index contributed by atoms with van der Waals surface area (Å²) in [7, 11) is 1.27. The van der Waals surface area contributed by atoms with Crippen molar-refractivity contribution in [1.82, 2.24) is 10.2 Å². The largest absolute Gasteiger partial charge is 0.467 e. The van der Waals surface area contributed by atoms with E-state index in [1.807, 2.05) is 30.3 Å². The van der Waals surface area contributed by atoms with Gasteiger partial charge in [-0.3, -0.25) is 9.59 Å². The van der Waals surface area contributed by atoms with E-state index in [9.17, 15) is 14.4 Å². The Balaban J connectivity index is 1.29. The number of amides is 2. The van der Waals surface area contributed by atoms with Crippen LogP contribution in [0.1, 0.15) is 16.8 Å². The molecule has 2 fully saturated rings. The van der Waals surface area contributed by atoms with Gasteiger partial charge in [0.05, 0.1) is 33.4 Å². The maximum atomic E-state index is 12.9. The number of nitrogens with zero attached hydrogens (tertiary/aromatic N) is 1. The molecule has 0 unspecified atom stereocenters. The van der Waals surface area contributed by atoms with Gasteiger partial charge in [0.2, 0.25) is 5.91 Å². The summed E-state index contributed by atoms with van der Waals surface area (Å²) in [4.78, 5) is 39.1. The highest BCUT2D eigenvalue weighted by molar-refractivity contribution is 6.07. The lowest BCUT2D eigenvalue weighted by Crippen LogP contribution is -2.46. The van der Waals surface area contributed by atoms with Gasteiger partial charge in [0, 0.05) is 22.8 Å². The number of para-hydroxylation sites is 1. The van der Waals surface area contributed by atoms with Gasteiger partial charge in [-0.2, -0.15) is 0 Å². The fraction of sp³-hybridized carbons (Fsp3) is 0.348. The summed E-state index contributed by atoms with van der Waals surface area (Å²) in [5.41, 5.74) is 1.70. The molecule has 1 atom stereocenters. The predicted molar refractivity (Wildman–Crippen MR) is 113 cm³/mol. The van der Waals surface area contributed by atoms with Crippen LogP contribution >= 0.6 is 0 Å². The molecule has 2 aliphatic rings. The van der Waals surface area contributed by atoms with Crippen LogP contribution in [-0.2, 0) is 23.8 Å². The Morgan fingerprint density at radius 3 is 2.62 bits per heavy atom. The molecule has 0 radical (unpaired) electrons. The minimum absolute atomic E-state index is 0.104. The lowest BCUT2D eigenvalue weighted by molar-refractivity contribution is -0.152. The number of furan rings is 1. The van der Waals surface area contributed by atoms with E-state index < -0.39 is 29.6 Å². The molecule has 2 aromatic carbocycles. The maximum Gasteiger partial charge on any atom is 0.328 e. The number of methoxy groups -OCH3 is 1. The number of benzene rings is 2. The lowest BCUT2D eigenvalue weighted by atomic mass is 10.1. The molecule has 0 saturated carbocycles. The number of carbonyl (C=O) groups is 3. The summed E-state index contributed by atoms with van der Waals surface area (Å²) in [6, 6.07) is 12.0. The zero-order valence-corrected chi connectivity index (χ0v) is 17.5. The van der Waals surface area contributed by atoms with Gasteiger partial charge in [-0.15, -0.1) is 0 Å². The summed E-state index contributed by atoms with van der Waals surface area (Å²) in [5, 5.41) is 4.51. The van der Waals surface area contributed by atoms with Crippen molar-refractivity contribution in [3.63, 3.8) is 0 Å². The van der Waals surface area contributed by atoms with Gasteiger partial charge in [-0.25, -0.2) is 4.79 Å². The second-order valence-corrected chi connectivity index (χ2v) is 7.86.